The second kappa shape index (κ2) is 8.65. The minimum absolute atomic E-state index is 0.101. The Kier molecular flexibility index (Phi) is 6.29. The van der Waals surface area contributed by atoms with Crippen LogP contribution in [0.1, 0.15) is 12.8 Å². The molecule has 0 radical (unpaired) electrons. The van der Waals surface area contributed by atoms with Gasteiger partial charge in [0.1, 0.15) is 18.0 Å². The fourth-order valence-corrected chi connectivity index (χ4v) is 3.42. The molecule has 2 aliphatic heterocycles. The highest BCUT2D eigenvalue weighted by atomic mass is 16.6. The number of ether oxygens (including phenoxy) is 3. The standard InChI is InChI=1S/C19H28N2O4/c1-23-19(15-25-17-5-3-2-4-6-17)13-21(11-12-24-14-19)18(22)16-7-9-20-10-8-16/h2-6,16,20H,7-15H2,1H3/t19-/m1/s1. The van der Waals surface area contributed by atoms with Crippen molar-refractivity contribution in [2.75, 3.05) is 53.1 Å². The number of carbonyl (C=O) groups excluding carboxylic acids is 1. The van der Waals surface area contributed by atoms with E-state index in [9.17, 15) is 4.79 Å². The Morgan fingerprint density at radius 1 is 1.32 bits per heavy atom. The Morgan fingerprint density at radius 3 is 2.80 bits per heavy atom. The first kappa shape index (κ1) is 18.2. The number of rotatable bonds is 5. The molecule has 1 atom stereocenters. The van der Waals surface area contributed by atoms with Crippen LogP contribution in [0.2, 0.25) is 0 Å². The van der Waals surface area contributed by atoms with Crippen molar-refractivity contribution in [1.29, 1.82) is 0 Å². The van der Waals surface area contributed by atoms with E-state index in [1.807, 2.05) is 35.2 Å². The van der Waals surface area contributed by atoms with Gasteiger partial charge in [0.05, 0.1) is 19.8 Å². The van der Waals surface area contributed by atoms with Crippen molar-refractivity contribution in [2.24, 2.45) is 5.92 Å². The van der Waals surface area contributed by atoms with Gasteiger partial charge in [-0.15, -0.1) is 0 Å². The summed E-state index contributed by atoms with van der Waals surface area (Å²) in [4.78, 5) is 14.8. The van der Waals surface area contributed by atoms with Crippen LogP contribution in [-0.4, -0.2) is 69.5 Å². The van der Waals surface area contributed by atoms with Crippen LogP contribution < -0.4 is 10.1 Å². The predicted molar refractivity (Wildman–Crippen MR) is 94.7 cm³/mol. The maximum atomic E-state index is 12.9. The van der Waals surface area contributed by atoms with Gasteiger partial charge in [0.25, 0.3) is 0 Å². The summed E-state index contributed by atoms with van der Waals surface area (Å²) in [6, 6.07) is 9.65. The summed E-state index contributed by atoms with van der Waals surface area (Å²) in [5.74, 6) is 1.11. The normalized spacial score (nSPS) is 25.4. The van der Waals surface area contributed by atoms with Crippen molar-refractivity contribution in [3.63, 3.8) is 0 Å². The lowest BCUT2D eigenvalue weighted by molar-refractivity contribution is -0.141. The van der Waals surface area contributed by atoms with Crippen LogP contribution in [0.5, 0.6) is 5.75 Å². The summed E-state index contributed by atoms with van der Waals surface area (Å²) < 4.78 is 17.5. The molecule has 2 fully saturated rings. The summed E-state index contributed by atoms with van der Waals surface area (Å²) in [5, 5.41) is 3.31. The molecule has 0 spiro atoms. The number of hydrogen-bond donors (Lipinski definition) is 1. The lowest BCUT2D eigenvalue weighted by Crippen LogP contribution is -2.53. The van der Waals surface area contributed by atoms with Crippen LogP contribution >= 0.6 is 0 Å². The van der Waals surface area contributed by atoms with Gasteiger partial charge in [0, 0.05) is 19.6 Å². The minimum Gasteiger partial charge on any atom is -0.490 e. The Labute approximate surface area is 149 Å². The van der Waals surface area contributed by atoms with E-state index in [1.165, 1.54) is 0 Å². The van der Waals surface area contributed by atoms with Gasteiger partial charge in [0.2, 0.25) is 5.91 Å². The summed E-state index contributed by atoms with van der Waals surface area (Å²) >= 11 is 0. The molecule has 25 heavy (non-hydrogen) atoms. The fraction of sp³-hybridized carbons (Fsp3) is 0.632. The monoisotopic (exact) mass is 348 g/mol. The van der Waals surface area contributed by atoms with E-state index in [2.05, 4.69) is 5.32 Å². The molecule has 1 amide bonds. The van der Waals surface area contributed by atoms with E-state index in [1.54, 1.807) is 7.11 Å². The topological polar surface area (TPSA) is 60.0 Å². The number of amides is 1. The number of methoxy groups -OCH3 is 1. The van der Waals surface area contributed by atoms with E-state index >= 15 is 0 Å². The summed E-state index contributed by atoms with van der Waals surface area (Å²) in [6.45, 7) is 4.24. The number of benzene rings is 1. The Morgan fingerprint density at radius 2 is 2.08 bits per heavy atom. The number of hydrogen-bond acceptors (Lipinski definition) is 5. The number of nitrogens with zero attached hydrogens (tertiary/aromatic N) is 1. The molecule has 3 rings (SSSR count). The van der Waals surface area contributed by atoms with E-state index in [4.69, 9.17) is 14.2 Å². The first-order valence-electron chi connectivity index (χ1n) is 9.03. The quantitative estimate of drug-likeness (QED) is 0.869. The van der Waals surface area contributed by atoms with Crippen LogP contribution in [0, 0.1) is 5.92 Å². The SMILES string of the molecule is CO[C@@]1(COc2ccccc2)COCCN(C(=O)C2CCNCC2)C1. The first-order chi connectivity index (χ1) is 12.2. The van der Waals surface area contributed by atoms with Gasteiger partial charge in [-0.05, 0) is 38.1 Å². The van der Waals surface area contributed by atoms with Gasteiger partial charge in [-0.25, -0.2) is 0 Å². The first-order valence-corrected chi connectivity index (χ1v) is 9.03. The van der Waals surface area contributed by atoms with Crippen molar-refractivity contribution in [2.45, 2.75) is 18.4 Å². The molecule has 1 N–H and O–H groups in total. The highest BCUT2D eigenvalue weighted by Crippen LogP contribution is 2.23. The highest BCUT2D eigenvalue weighted by molar-refractivity contribution is 5.79. The lowest BCUT2D eigenvalue weighted by atomic mass is 9.95. The molecule has 138 valence electrons. The van der Waals surface area contributed by atoms with E-state index < -0.39 is 5.60 Å². The van der Waals surface area contributed by atoms with Crippen LogP contribution in [-0.2, 0) is 14.3 Å². The smallest absolute Gasteiger partial charge is 0.225 e. The second-order valence-electron chi connectivity index (χ2n) is 6.83. The van der Waals surface area contributed by atoms with Crippen LogP contribution in [0.25, 0.3) is 0 Å². The lowest BCUT2D eigenvalue weighted by Gasteiger charge is -2.36. The number of nitrogens with one attached hydrogen (secondary N) is 1. The van der Waals surface area contributed by atoms with Crippen LogP contribution in [0.15, 0.2) is 30.3 Å². The van der Waals surface area contributed by atoms with Crippen LogP contribution in [0.4, 0.5) is 0 Å². The number of para-hydroxylation sites is 1. The minimum atomic E-state index is -0.644. The summed E-state index contributed by atoms with van der Waals surface area (Å²) in [6.07, 6.45) is 1.80. The van der Waals surface area contributed by atoms with Crippen molar-refractivity contribution in [1.82, 2.24) is 10.2 Å². The molecule has 2 saturated heterocycles. The van der Waals surface area contributed by atoms with Gasteiger partial charge in [-0.3, -0.25) is 4.79 Å². The summed E-state index contributed by atoms with van der Waals surface area (Å²) in [7, 11) is 1.66. The molecule has 1 aromatic rings. The van der Waals surface area contributed by atoms with Crippen molar-refractivity contribution >= 4 is 5.91 Å². The third-order valence-electron chi connectivity index (χ3n) is 5.03. The molecule has 1 aromatic carbocycles. The maximum Gasteiger partial charge on any atom is 0.225 e. The Balaban J connectivity index is 1.66. The van der Waals surface area contributed by atoms with Crippen LogP contribution in [0.3, 0.4) is 0 Å². The average Bonchev–Trinajstić information content (AvgIpc) is 2.91. The average molecular weight is 348 g/mol. The number of piperidine rings is 1. The molecule has 0 bridgehead atoms. The van der Waals surface area contributed by atoms with Gasteiger partial charge in [-0.1, -0.05) is 18.2 Å². The van der Waals surface area contributed by atoms with Gasteiger partial charge in [0.15, 0.2) is 0 Å². The Bertz CT molecular complexity index is 548. The van der Waals surface area contributed by atoms with E-state index in [-0.39, 0.29) is 11.8 Å². The third-order valence-corrected chi connectivity index (χ3v) is 5.03. The second-order valence-corrected chi connectivity index (χ2v) is 6.83. The molecular weight excluding hydrogens is 320 g/mol. The molecule has 6 nitrogen and oxygen atoms in total. The molecule has 0 aromatic heterocycles. The zero-order chi connectivity index (χ0) is 17.5. The maximum absolute atomic E-state index is 12.9. The highest BCUT2D eigenvalue weighted by Gasteiger charge is 2.39. The molecule has 0 saturated carbocycles. The molecule has 0 unspecified atom stereocenters. The molecule has 6 heteroatoms. The number of carbonyl (C=O) groups is 1. The Hall–Kier alpha value is -1.63. The van der Waals surface area contributed by atoms with Gasteiger partial charge < -0.3 is 24.4 Å². The van der Waals surface area contributed by atoms with Gasteiger partial charge in [-0.2, -0.15) is 0 Å². The largest absolute Gasteiger partial charge is 0.490 e. The third kappa shape index (κ3) is 4.71. The summed E-state index contributed by atoms with van der Waals surface area (Å²) in [5.41, 5.74) is -0.644. The van der Waals surface area contributed by atoms with Crippen molar-refractivity contribution in [3.05, 3.63) is 30.3 Å². The zero-order valence-electron chi connectivity index (χ0n) is 14.9. The van der Waals surface area contributed by atoms with Crippen molar-refractivity contribution in [3.8, 4) is 5.75 Å². The molecule has 2 heterocycles. The predicted octanol–water partition coefficient (Wildman–Crippen LogP) is 1.31. The van der Waals surface area contributed by atoms with E-state index in [0.29, 0.717) is 32.9 Å². The van der Waals surface area contributed by atoms with Gasteiger partial charge >= 0.3 is 0 Å². The fourth-order valence-electron chi connectivity index (χ4n) is 3.42. The molecule has 0 aliphatic carbocycles. The van der Waals surface area contributed by atoms with Crippen molar-refractivity contribution < 1.29 is 19.0 Å². The molecular formula is C19H28N2O4. The molecule has 2 aliphatic rings. The zero-order valence-corrected chi connectivity index (χ0v) is 14.9. The van der Waals surface area contributed by atoms with E-state index in [0.717, 1.165) is 31.7 Å².